The lowest BCUT2D eigenvalue weighted by Gasteiger charge is -2.22. The topological polar surface area (TPSA) is 35.2 Å². The second-order valence-corrected chi connectivity index (χ2v) is 6.07. The van der Waals surface area contributed by atoms with Gasteiger partial charge in [0.1, 0.15) is 11.6 Å². The van der Waals surface area contributed by atoms with Gasteiger partial charge in [0.2, 0.25) is 0 Å². The largest absolute Gasteiger partial charge is 0.494 e. The Kier molecular flexibility index (Phi) is 5.53. The van der Waals surface area contributed by atoms with Gasteiger partial charge in [-0.25, -0.2) is 4.39 Å². The molecule has 5 heteroatoms. The summed E-state index contributed by atoms with van der Waals surface area (Å²) in [6.07, 6.45) is 1.71. The van der Waals surface area contributed by atoms with E-state index in [9.17, 15) is 4.39 Å². The van der Waals surface area contributed by atoms with Gasteiger partial charge in [-0.3, -0.25) is 0 Å². The number of benzene rings is 1. The molecule has 1 aromatic carbocycles. The minimum atomic E-state index is -0.294. The molecule has 0 aliphatic carbocycles. The number of rotatable bonds is 6. The van der Waals surface area contributed by atoms with E-state index in [-0.39, 0.29) is 11.2 Å². The van der Waals surface area contributed by atoms with Gasteiger partial charge >= 0.3 is 0 Å². The fourth-order valence-corrected chi connectivity index (χ4v) is 1.85. The standard InChI is InChI=1S/C13H17BrFNOS/c1-13(2,12(16)18)6-3-7-17-9-4-5-11(15)10(14)8-9/h4-5,8H,3,6-7H2,1-2H3,(H2,16,18). The molecule has 0 fully saturated rings. The van der Waals surface area contributed by atoms with E-state index in [4.69, 9.17) is 22.7 Å². The second-order valence-electron chi connectivity index (χ2n) is 4.78. The normalized spacial score (nSPS) is 11.3. The van der Waals surface area contributed by atoms with Crippen LogP contribution in [0.2, 0.25) is 0 Å². The van der Waals surface area contributed by atoms with Gasteiger partial charge in [-0.05, 0) is 47.0 Å². The first kappa shape index (κ1) is 15.4. The van der Waals surface area contributed by atoms with Crippen LogP contribution in [0.1, 0.15) is 26.7 Å². The Balaban J connectivity index is 2.38. The number of hydrogen-bond donors (Lipinski definition) is 1. The van der Waals surface area contributed by atoms with E-state index in [1.807, 2.05) is 13.8 Å². The highest BCUT2D eigenvalue weighted by Gasteiger charge is 2.20. The molecule has 0 amide bonds. The molecule has 0 unspecified atom stereocenters. The highest BCUT2D eigenvalue weighted by Crippen LogP contribution is 2.24. The Hall–Kier alpha value is -0.680. The van der Waals surface area contributed by atoms with Gasteiger partial charge in [0.25, 0.3) is 0 Å². The lowest BCUT2D eigenvalue weighted by molar-refractivity contribution is 0.287. The fraction of sp³-hybridized carbons (Fsp3) is 0.462. The Morgan fingerprint density at radius 3 is 2.72 bits per heavy atom. The minimum Gasteiger partial charge on any atom is -0.494 e. The highest BCUT2D eigenvalue weighted by atomic mass is 79.9. The summed E-state index contributed by atoms with van der Waals surface area (Å²) in [4.78, 5) is 0.520. The number of thiocarbonyl (C=S) groups is 1. The molecule has 0 saturated heterocycles. The Morgan fingerprint density at radius 1 is 1.50 bits per heavy atom. The van der Waals surface area contributed by atoms with Crippen molar-refractivity contribution in [3.05, 3.63) is 28.5 Å². The number of hydrogen-bond acceptors (Lipinski definition) is 2. The Bertz CT molecular complexity index is 437. The lowest BCUT2D eigenvalue weighted by Crippen LogP contribution is -2.30. The van der Waals surface area contributed by atoms with E-state index in [0.29, 0.717) is 21.8 Å². The summed E-state index contributed by atoms with van der Waals surface area (Å²) in [5.41, 5.74) is 5.49. The van der Waals surface area contributed by atoms with Crippen molar-refractivity contribution in [1.82, 2.24) is 0 Å². The zero-order chi connectivity index (χ0) is 13.8. The third kappa shape index (κ3) is 4.53. The summed E-state index contributed by atoms with van der Waals surface area (Å²) in [6, 6.07) is 4.60. The smallest absolute Gasteiger partial charge is 0.137 e. The van der Waals surface area contributed by atoms with E-state index in [1.165, 1.54) is 6.07 Å². The van der Waals surface area contributed by atoms with Gasteiger partial charge in [0, 0.05) is 5.41 Å². The molecule has 0 bridgehead atoms. The van der Waals surface area contributed by atoms with Gasteiger partial charge in [-0.2, -0.15) is 0 Å². The van der Waals surface area contributed by atoms with Crippen molar-refractivity contribution < 1.29 is 9.13 Å². The maximum absolute atomic E-state index is 13.0. The molecule has 0 radical (unpaired) electrons. The third-order valence-electron chi connectivity index (χ3n) is 2.77. The number of nitrogens with two attached hydrogens (primary N) is 1. The predicted molar refractivity (Wildman–Crippen MR) is 79.4 cm³/mol. The molecular formula is C13H17BrFNOS. The molecule has 0 heterocycles. The molecule has 100 valence electrons. The molecule has 0 spiro atoms. The molecule has 1 aromatic rings. The van der Waals surface area contributed by atoms with E-state index < -0.39 is 0 Å². The van der Waals surface area contributed by atoms with E-state index in [0.717, 1.165) is 12.8 Å². The lowest BCUT2D eigenvalue weighted by atomic mass is 9.88. The number of ether oxygens (including phenoxy) is 1. The van der Waals surface area contributed by atoms with Gasteiger partial charge in [0.05, 0.1) is 16.1 Å². The first-order valence-electron chi connectivity index (χ1n) is 5.71. The molecule has 1 rings (SSSR count). The highest BCUT2D eigenvalue weighted by molar-refractivity contribution is 9.10. The molecule has 0 aliphatic heterocycles. The zero-order valence-electron chi connectivity index (χ0n) is 10.5. The van der Waals surface area contributed by atoms with Crippen LogP contribution < -0.4 is 10.5 Å². The second kappa shape index (κ2) is 6.48. The average molecular weight is 334 g/mol. The molecular weight excluding hydrogens is 317 g/mol. The fourth-order valence-electron chi connectivity index (χ4n) is 1.39. The SMILES string of the molecule is CC(C)(CCCOc1ccc(F)c(Br)c1)C(N)=S. The van der Waals surface area contributed by atoms with Gasteiger partial charge in [-0.15, -0.1) is 0 Å². The van der Waals surface area contributed by atoms with Gasteiger partial charge in [0.15, 0.2) is 0 Å². The van der Waals surface area contributed by atoms with E-state index in [2.05, 4.69) is 15.9 Å². The predicted octanol–water partition coefficient (Wildman–Crippen LogP) is 4.06. The minimum absolute atomic E-state index is 0.151. The first-order valence-corrected chi connectivity index (χ1v) is 6.91. The molecule has 0 atom stereocenters. The summed E-state index contributed by atoms with van der Waals surface area (Å²) in [5.74, 6) is 0.355. The van der Waals surface area contributed by atoms with E-state index >= 15 is 0 Å². The van der Waals surface area contributed by atoms with Crippen molar-refractivity contribution in [2.24, 2.45) is 11.1 Å². The number of halogens is 2. The van der Waals surface area contributed by atoms with Crippen molar-refractivity contribution >= 4 is 33.1 Å². The molecule has 0 aromatic heterocycles. The summed E-state index contributed by atoms with van der Waals surface area (Å²) < 4.78 is 18.9. The maximum Gasteiger partial charge on any atom is 0.137 e. The zero-order valence-corrected chi connectivity index (χ0v) is 12.9. The van der Waals surface area contributed by atoms with Crippen LogP contribution in [0.3, 0.4) is 0 Å². The van der Waals surface area contributed by atoms with Crippen LogP contribution in [0.15, 0.2) is 22.7 Å². The Labute approximate surface area is 121 Å². The van der Waals surface area contributed by atoms with Crippen LogP contribution in [0, 0.1) is 11.2 Å². The van der Waals surface area contributed by atoms with Crippen molar-refractivity contribution in [2.45, 2.75) is 26.7 Å². The summed E-state index contributed by atoms with van der Waals surface area (Å²) in [5, 5.41) is 0. The van der Waals surface area contributed by atoms with Crippen LogP contribution in [0.25, 0.3) is 0 Å². The summed E-state index contributed by atoms with van der Waals surface area (Å²) in [6.45, 7) is 4.59. The van der Waals surface area contributed by atoms with Crippen molar-refractivity contribution in [1.29, 1.82) is 0 Å². The monoisotopic (exact) mass is 333 g/mol. The van der Waals surface area contributed by atoms with Crippen molar-refractivity contribution in [2.75, 3.05) is 6.61 Å². The van der Waals surface area contributed by atoms with Crippen LogP contribution in [-0.2, 0) is 0 Å². The third-order valence-corrected chi connectivity index (χ3v) is 3.93. The van der Waals surface area contributed by atoms with Crippen LogP contribution in [-0.4, -0.2) is 11.6 Å². The molecule has 0 saturated carbocycles. The average Bonchev–Trinajstić information content (AvgIpc) is 2.29. The first-order chi connectivity index (χ1) is 8.33. The van der Waals surface area contributed by atoms with Crippen LogP contribution in [0.5, 0.6) is 5.75 Å². The molecule has 2 nitrogen and oxygen atoms in total. The van der Waals surface area contributed by atoms with Crippen molar-refractivity contribution in [3.8, 4) is 5.75 Å². The summed E-state index contributed by atoms with van der Waals surface area (Å²) >= 11 is 8.11. The molecule has 2 N–H and O–H groups in total. The quantitative estimate of drug-likeness (QED) is 0.629. The Morgan fingerprint density at radius 2 is 2.17 bits per heavy atom. The van der Waals surface area contributed by atoms with Crippen LogP contribution in [0.4, 0.5) is 4.39 Å². The van der Waals surface area contributed by atoms with E-state index in [1.54, 1.807) is 12.1 Å². The van der Waals surface area contributed by atoms with Crippen molar-refractivity contribution in [3.63, 3.8) is 0 Å². The molecule has 18 heavy (non-hydrogen) atoms. The maximum atomic E-state index is 13.0. The van der Waals surface area contributed by atoms with Crippen LogP contribution >= 0.6 is 28.1 Å². The van der Waals surface area contributed by atoms with Gasteiger partial charge in [-0.1, -0.05) is 26.1 Å². The summed E-state index contributed by atoms with van der Waals surface area (Å²) in [7, 11) is 0. The van der Waals surface area contributed by atoms with Gasteiger partial charge < -0.3 is 10.5 Å². The molecule has 0 aliphatic rings.